The first-order valence-corrected chi connectivity index (χ1v) is 8.01. The molecule has 2 aromatic rings. The third-order valence-corrected chi connectivity index (χ3v) is 4.76. The van der Waals surface area contributed by atoms with Crippen molar-refractivity contribution < 1.29 is 14.1 Å². The topological polar surface area (TPSA) is 72.2 Å². The highest BCUT2D eigenvalue weighted by Gasteiger charge is 2.23. The van der Waals surface area contributed by atoms with Crippen molar-refractivity contribution in [3.63, 3.8) is 0 Å². The normalized spacial score (nSPS) is 16.5. The second kappa shape index (κ2) is 6.37. The van der Waals surface area contributed by atoms with Crippen molar-refractivity contribution in [2.24, 2.45) is 0 Å². The molecule has 0 unspecified atom stereocenters. The maximum absolute atomic E-state index is 13.5. The average molecular weight is 332 g/mol. The number of thioether (sulfide) groups is 1. The number of carbonyl (C=O) groups excluding carboxylic acids is 1. The summed E-state index contributed by atoms with van der Waals surface area (Å²) < 4.78 is 13.5. The summed E-state index contributed by atoms with van der Waals surface area (Å²) in [6.45, 7) is 0. The third-order valence-electron chi connectivity index (χ3n) is 3.64. The van der Waals surface area contributed by atoms with Crippen molar-refractivity contribution >= 4 is 23.4 Å². The van der Waals surface area contributed by atoms with Gasteiger partial charge in [0.15, 0.2) is 0 Å². The molecule has 1 N–H and O–H groups in total. The van der Waals surface area contributed by atoms with Gasteiger partial charge in [-0.05, 0) is 36.2 Å². The number of nitro groups is 1. The molecule has 0 bridgehead atoms. The van der Waals surface area contributed by atoms with Crippen LogP contribution in [0.15, 0.2) is 47.4 Å². The molecular formula is C16H13FN2O3S. The molecule has 0 saturated heterocycles. The molecule has 5 nitrogen and oxygen atoms in total. The second-order valence-corrected chi connectivity index (χ2v) is 6.29. The molecule has 0 fully saturated rings. The summed E-state index contributed by atoms with van der Waals surface area (Å²) >= 11 is 1.62. The first kappa shape index (κ1) is 15.5. The van der Waals surface area contributed by atoms with Crippen molar-refractivity contribution in [2.45, 2.75) is 17.4 Å². The molecule has 0 radical (unpaired) electrons. The molecule has 0 aromatic heterocycles. The third kappa shape index (κ3) is 3.34. The molecule has 23 heavy (non-hydrogen) atoms. The van der Waals surface area contributed by atoms with Crippen molar-refractivity contribution in [1.82, 2.24) is 5.32 Å². The van der Waals surface area contributed by atoms with Crippen molar-refractivity contribution in [3.05, 3.63) is 69.5 Å². The molecule has 1 heterocycles. The van der Waals surface area contributed by atoms with Crippen molar-refractivity contribution in [3.8, 4) is 0 Å². The molecule has 3 rings (SSSR count). The number of nitrogens with zero attached hydrogens (tertiary/aromatic N) is 1. The van der Waals surface area contributed by atoms with E-state index in [4.69, 9.17) is 0 Å². The fraction of sp³-hybridized carbons (Fsp3) is 0.188. The lowest BCUT2D eigenvalue weighted by molar-refractivity contribution is -0.384. The van der Waals surface area contributed by atoms with Gasteiger partial charge < -0.3 is 5.32 Å². The smallest absolute Gasteiger partial charge is 0.270 e. The van der Waals surface area contributed by atoms with E-state index in [0.29, 0.717) is 6.42 Å². The monoisotopic (exact) mass is 332 g/mol. The fourth-order valence-corrected chi connectivity index (χ4v) is 3.62. The maximum atomic E-state index is 13.5. The SMILES string of the molecule is O=C(N[C@H]1CCSc2ccc(F)cc21)c1cccc([N+](=O)[O-])c1. The van der Waals surface area contributed by atoms with E-state index < -0.39 is 10.8 Å². The first-order valence-electron chi connectivity index (χ1n) is 7.02. The summed E-state index contributed by atoms with van der Waals surface area (Å²) in [6.07, 6.45) is 0.682. The Kier molecular flexibility index (Phi) is 4.29. The van der Waals surface area contributed by atoms with E-state index in [1.807, 2.05) is 0 Å². The highest BCUT2D eigenvalue weighted by Crippen LogP contribution is 2.36. The zero-order valence-corrected chi connectivity index (χ0v) is 12.8. The lowest BCUT2D eigenvalue weighted by atomic mass is 10.0. The van der Waals surface area contributed by atoms with Crippen LogP contribution in [0.1, 0.15) is 28.4 Å². The van der Waals surface area contributed by atoms with Crippen LogP contribution >= 0.6 is 11.8 Å². The number of hydrogen-bond acceptors (Lipinski definition) is 4. The van der Waals surface area contributed by atoms with E-state index in [1.165, 1.54) is 36.4 Å². The zero-order valence-electron chi connectivity index (χ0n) is 12.0. The van der Waals surface area contributed by atoms with Crippen LogP contribution < -0.4 is 5.32 Å². The van der Waals surface area contributed by atoms with E-state index in [9.17, 15) is 19.3 Å². The molecular weight excluding hydrogens is 319 g/mol. The van der Waals surface area contributed by atoms with Gasteiger partial charge in [0.1, 0.15) is 5.82 Å². The van der Waals surface area contributed by atoms with Crippen LogP contribution in [-0.2, 0) is 0 Å². The Morgan fingerprint density at radius 3 is 2.91 bits per heavy atom. The molecule has 1 aliphatic rings. The molecule has 118 valence electrons. The number of nitro benzene ring substituents is 1. The molecule has 0 saturated carbocycles. The summed E-state index contributed by atoms with van der Waals surface area (Å²) in [5, 5.41) is 13.6. The Morgan fingerprint density at radius 1 is 1.30 bits per heavy atom. The van der Waals surface area contributed by atoms with E-state index in [1.54, 1.807) is 17.8 Å². The van der Waals surface area contributed by atoms with Crippen LogP contribution in [-0.4, -0.2) is 16.6 Å². The summed E-state index contributed by atoms with van der Waals surface area (Å²) in [6, 6.07) is 9.80. The highest BCUT2D eigenvalue weighted by atomic mass is 32.2. The van der Waals surface area contributed by atoms with Gasteiger partial charge in [0.05, 0.1) is 11.0 Å². The molecule has 0 aliphatic carbocycles. The molecule has 1 atom stereocenters. The van der Waals surface area contributed by atoms with Crippen LogP contribution in [0.4, 0.5) is 10.1 Å². The number of carbonyl (C=O) groups is 1. The van der Waals surface area contributed by atoms with Crippen LogP contribution in [0, 0.1) is 15.9 Å². The molecule has 1 amide bonds. The predicted octanol–water partition coefficient (Wildman–Crippen LogP) is 3.70. The van der Waals surface area contributed by atoms with Crippen molar-refractivity contribution in [1.29, 1.82) is 0 Å². The summed E-state index contributed by atoms with van der Waals surface area (Å²) in [5.41, 5.74) is 0.832. The van der Waals surface area contributed by atoms with Crippen LogP contribution in [0.2, 0.25) is 0 Å². The van der Waals surface area contributed by atoms with Gasteiger partial charge >= 0.3 is 0 Å². The summed E-state index contributed by atoms with van der Waals surface area (Å²) in [5.74, 6) is 0.0695. The number of rotatable bonds is 3. The summed E-state index contributed by atoms with van der Waals surface area (Å²) in [4.78, 5) is 23.5. The number of fused-ring (bicyclic) bond motifs is 1. The van der Waals surface area contributed by atoms with Gasteiger partial charge in [0.2, 0.25) is 0 Å². The molecule has 2 aromatic carbocycles. The fourth-order valence-electron chi connectivity index (χ4n) is 2.52. The van der Waals surface area contributed by atoms with Gasteiger partial charge in [-0.2, -0.15) is 0 Å². The van der Waals surface area contributed by atoms with E-state index >= 15 is 0 Å². The van der Waals surface area contributed by atoms with Gasteiger partial charge in [-0.3, -0.25) is 14.9 Å². The second-order valence-electron chi connectivity index (χ2n) is 5.15. The summed E-state index contributed by atoms with van der Waals surface area (Å²) in [7, 11) is 0. The van der Waals surface area contributed by atoms with E-state index in [-0.39, 0.29) is 23.1 Å². The quantitative estimate of drug-likeness (QED) is 0.687. The lowest BCUT2D eigenvalue weighted by Crippen LogP contribution is -2.30. The Morgan fingerprint density at radius 2 is 2.13 bits per heavy atom. The number of nitrogens with one attached hydrogen (secondary N) is 1. The van der Waals surface area contributed by atoms with Gasteiger partial charge in [-0.25, -0.2) is 4.39 Å². The van der Waals surface area contributed by atoms with Crippen LogP contribution in [0.25, 0.3) is 0 Å². The average Bonchev–Trinajstić information content (AvgIpc) is 2.55. The number of halogens is 1. The van der Waals surface area contributed by atoms with Crippen molar-refractivity contribution in [2.75, 3.05) is 5.75 Å². The van der Waals surface area contributed by atoms with Crippen LogP contribution in [0.5, 0.6) is 0 Å². The Bertz CT molecular complexity index is 782. The van der Waals surface area contributed by atoms with Gasteiger partial charge in [0.25, 0.3) is 11.6 Å². The minimum Gasteiger partial charge on any atom is -0.345 e. The Labute approximate surface area is 136 Å². The number of benzene rings is 2. The zero-order chi connectivity index (χ0) is 16.4. The largest absolute Gasteiger partial charge is 0.345 e. The van der Waals surface area contributed by atoms with Gasteiger partial charge in [-0.15, -0.1) is 11.8 Å². The molecule has 1 aliphatic heterocycles. The Balaban J connectivity index is 1.83. The number of amides is 1. The maximum Gasteiger partial charge on any atom is 0.270 e. The predicted molar refractivity (Wildman–Crippen MR) is 85.0 cm³/mol. The minimum absolute atomic E-state index is 0.136. The van der Waals surface area contributed by atoms with Crippen LogP contribution in [0.3, 0.4) is 0 Å². The molecule has 0 spiro atoms. The first-order chi connectivity index (χ1) is 11.0. The highest BCUT2D eigenvalue weighted by molar-refractivity contribution is 7.99. The Hall–Kier alpha value is -2.41. The van der Waals surface area contributed by atoms with Gasteiger partial charge in [0, 0.05) is 28.3 Å². The minimum atomic E-state index is -0.543. The van der Waals surface area contributed by atoms with Gasteiger partial charge in [-0.1, -0.05) is 6.07 Å². The lowest BCUT2D eigenvalue weighted by Gasteiger charge is -2.26. The number of non-ortho nitro benzene ring substituents is 1. The van der Waals surface area contributed by atoms with E-state index in [0.717, 1.165) is 16.2 Å². The molecule has 7 heteroatoms. The van der Waals surface area contributed by atoms with E-state index in [2.05, 4.69) is 5.32 Å². The number of hydrogen-bond donors (Lipinski definition) is 1. The standard InChI is InChI=1S/C16H13FN2O3S/c17-11-4-5-15-13(9-11)14(6-7-23-15)18-16(20)10-2-1-3-12(8-10)19(21)22/h1-5,8-9,14H,6-7H2,(H,18,20)/t14-/m0/s1.